The summed E-state index contributed by atoms with van der Waals surface area (Å²) in [5, 5.41) is 0. The van der Waals surface area contributed by atoms with Crippen molar-refractivity contribution >= 4 is 17.6 Å². The average Bonchev–Trinajstić information content (AvgIpc) is 2.51. The molecule has 0 amide bonds. The van der Waals surface area contributed by atoms with E-state index < -0.39 is 23.1 Å². The maximum Gasteiger partial charge on any atom is 0.329 e. The first-order valence-electron chi connectivity index (χ1n) is 8.65. The molecule has 0 N–H and O–H groups in total. The molecular formula is C19H23NO4. The fourth-order valence-electron chi connectivity index (χ4n) is 4.40. The first kappa shape index (κ1) is 15.5. The van der Waals surface area contributed by atoms with Gasteiger partial charge in [0, 0.05) is 32.5 Å². The fourth-order valence-corrected chi connectivity index (χ4v) is 4.40. The van der Waals surface area contributed by atoms with E-state index in [1.165, 1.54) is 0 Å². The first-order valence-corrected chi connectivity index (χ1v) is 8.65. The largest absolute Gasteiger partial charge is 0.422 e. The van der Waals surface area contributed by atoms with Crippen LogP contribution >= 0.6 is 0 Å². The molecular weight excluding hydrogens is 306 g/mol. The zero-order valence-corrected chi connectivity index (χ0v) is 14.4. The molecule has 1 aromatic carbocycles. The Morgan fingerprint density at radius 3 is 2.50 bits per heavy atom. The maximum atomic E-state index is 13.0. The highest BCUT2D eigenvalue weighted by Crippen LogP contribution is 2.50. The van der Waals surface area contributed by atoms with Gasteiger partial charge in [0.15, 0.2) is 5.41 Å². The van der Waals surface area contributed by atoms with E-state index in [9.17, 15) is 9.59 Å². The van der Waals surface area contributed by atoms with E-state index in [0.717, 1.165) is 30.6 Å². The van der Waals surface area contributed by atoms with Crippen molar-refractivity contribution in [3.05, 3.63) is 29.8 Å². The number of para-hydroxylation sites is 1. The van der Waals surface area contributed by atoms with Crippen LogP contribution in [0, 0.1) is 11.3 Å². The van der Waals surface area contributed by atoms with Crippen molar-refractivity contribution in [2.45, 2.75) is 51.9 Å². The number of cyclic esters (lactones) is 2. The van der Waals surface area contributed by atoms with Crippen LogP contribution in [0.25, 0.3) is 0 Å². The van der Waals surface area contributed by atoms with E-state index in [1.807, 2.05) is 18.2 Å². The summed E-state index contributed by atoms with van der Waals surface area (Å²) in [5.74, 6) is -1.62. The normalized spacial score (nSPS) is 30.2. The second-order valence-electron chi connectivity index (χ2n) is 7.79. The van der Waals surface area contributed by atoms with Crippen LogP contribution in [0.5, 0.6) is 0 Å². The predicted molar refractivity (Wildman–Crippen MR) is 88.4 cm³/mol. The Balaban J connectivity index is 1.85. The van der Waals surface area contributed by atoms with Gasteiger partial charge in [0.2, 0.25) is 0 Å². The molecule has 5 nitrogen and oxygen atoms in total. The average molecular weight is 329 g/mol. The molecule has 24 heavy (non-hydrogen) atoms. The molecule has 1 aromatic rings. The molecule has 0 aliphatic carbocycles. The van der Waals surface area contributed by atoms with Crippen molar-refractivity contribution in [3.8, 4) is 0 Å². The Kier molecular flexibility index (Phi) is 3.21. The van der Waals surface area contributed by atoms with Crippen LogP contribution in [-0.2, 0) is 25.5 Å². The fraction of sp³-hybridized carbons (Fsp3) is 0.579. The number of hydrogen-bond acceptors (Lipinski definition) is 5. The molecule has 2 atom stereocenters. The highest BCUT2D eigenvalue weighted by molar-refractivity contribution is 6.04. The molecule has 128 valence electrons. The third kappa shape index (κ3) is 2.06. The minimum Gasteiger partial charge on any atom is -0.422 e. The number of fused-ring (bicyclic) bond motifs is 4. The van der Waals surface area contributed by atoms with Crippen molar-refractivity contribution in [1.29, 1.82) is 0 Å². The molecule has 0 saturated carbocycles. The molecule has 1 spiro atoms. The van der Waals surface area contributed by atoms with Crippen molar-refractivity contribution in [1.82, 2.24) is 0 Å². The second kappa shape index (κ2) is 4.98. The molecule has 0 aromatic heterocycles. The molecule has 3 aliphatic rings. The predicted octanol–water partition coefficient (Wildman–Crippen LogP) is 2.67. The Hall–Kier alpha value is -2.04. The van der Waals surface area contributed by atoms with Crippen LogP contribution in [0.4, 0.5) is 5.69 Å². The van der Waals surface area contributed by atoms with Gasteiger partial charge >= 0.3 is 11.9 Å². The third-order valence-corrected chi connectivity index (χ3v) is 5.61. The minimum atomic E-state index is -1.25. The van der Waals surface area contributed by atoms with Crippen LogP contribution < -0.4 is 4.90 Å². The highest BCUT2D eigenvalue weighted by atomic mass is 16.7. The van der Waals surface area contributed by atoms with Crippen LogP contribution in [0.15, 0.2) is 24.3 Å². The Morgan fingerprint density at radius 1 is 1.12 bits per heavy atom. The van der Waals surface area contributed by atoms with Crippen LogP contribution in [-0.4, -0.2) is 30.3 Å². The van der Waals surface area contributed by atoms with Crippen molar-refractivity contribution < 1.29 is 19.1 Å². The number of anilines is 1. The first-order chi connectivity index (χ1) is 11.3. The standard InChI is InChI=1S/C19H23NO4/c1-12-8-9-20-14-7-5-4-6-13(14)11-19(15(20)10-12)16(21)23-18(2,3)24-17(19)22/h4-7,12,15H,8-11H2,1-3H3. The summed E-state index contributed by atoms with van der Waals surface area (Å²) >= 11 is 0. The lowest BCUT2D eigenvalue weighted by Crippen LogP contribution is -2.67. The summed E-state index contributed by atoms with van der Waals surface area (Å²) in [6.07, 6.45) is 2.19. The number of hydrogen-bond donors (Lipinski definition) is 0. The number of rotatable bonds is 0. The Labute approximate surface area is 141 Å². The number of carbonyl (C=O) groups excluding carboxylic acids is 2. The van der Waals surface area contributed by atoms with Crippen molar-refractivity contribution in [2.75, 3.05) is 11.4 Å². The number of esters is 2. The molecule has 4 rings (SSSR count). The van der Waals surface area contributed by atoms with Crippen LogP contribution in [0.3, 0.4) is 0 Å². The number of piperidine rings is 1. The smallest absolute Gasteiger partial charge is 0.329 e. The molecule has 5 heteroatoms. The van der Waals surface area contributed by atoms with Gasteiger partial charge in [0.1, 0.15) is 0 Å². The van der Waals surface area contributed by atoms with Gasteiger partial charge in [-0.2, -0.15) is 0 Å². The van der Waals surface area contributed by atoms with E-state index in [-0.39, 0.29) is 6.04 Å². The Morgan fingerprint density at radius 2 is 1.79 bits per heavy atom. The summed E-state index contributed by atoms with van der Waals surface area (Å²) < 4.78 is 11.1. The molecule has 3 aliphatic heterocycles. The quantitative estimate of drug-likeness (QED) is 0.541. The second-order valence-corrected chi connectivity index (χ2v) is 7.79. The van der Waals surface area contributed by atoms with Crippen LogP contribution in [0.1, 0.15) is 39.2 Å². The lowest BCUT2D eigenvalue weighted by Gasteiger charge is -2.54. The lowest BCUT2D eigenvalue weighted by atomic mass is 9.66. The molecule has 2 saturated heterocycles. The van der Waals surface area contributed by atoms with Gasteiger partial charge in [0.05, 0.1) is 6.04 Å². The van der Waals surface area contributed by atoms with Gasteiger partial charge in [-0.05, 0) is 30.4 Å². The Bertz CT molecular complexity index is 691. The van der Waals surface area contributed by atoms with E-state index in [2.05, 4.69) is 17.9 Å². The summed E-state index contributed by atoms with van der Waals surface area (Å²) in [4.78, 5) is 28.3. The van der Waals surface area contributed by atoms with E-state index >= 15 is 0 Å². The topological polar surface area (TPSA) is 55.8 Å². The highest BCUT2D eigenvalue weighted by Gasteiger charge is 2.64. The van der Waals surface area contributed by atoms with Crippen molar-refractivity contribution in [3.63, 3.8) is 0 Å². The van der Waals surface area contributed by atoms with Gasteiger partial charge in [-0.1, -0.05) is 25.1 Å². The minimum absolute atomic E-state index is 0.202. The summed E-state index contributed by atoms with van der Waals surface area (Å²) in [7, 11) is 0. The van der Waals surface area contributed by atoms with E-state index in [4.69, 9.17) is 9.47 Å². The summed E-state index contributed by atoms with van der Waals surface area (Å²) in [6.45, 7) is 6.23. The molecule has 2 unspecified atom stereocenters. The van der Waals surface area contributed by atoms with Crippen molar-refractivity contribution in [2.24, 2.45) is 11.3 Å². The number of nitrogens with zero attached hydrogens (tertiary/aromatic N) is 1. The lowest BCUT2D eigenvalue weighted by molar-refractivity contribution is -0.253. The zero-order valence-electron chi connectivity index (χ0n) is 14.4. The van der Waals surface area contributed by atoms with Gasteiger partial charge in [-0.15, -0.1) is 0 Å². The molecule has 0 radical (unpaired) electrons. The summed E-state index contributed by atoms with van der Waals surface area (Å²) in [5.41, 5.74) is 0.890. The van der Waals surface area contributed by atoms with Gasteiger partial charge in [0.25, 0.3) is 5.79 Å². The van der Waals surface area contributed by atoms with Gasteiger partial charge in [-0.25, -0.2) is 0 Å². The monoisotopic (exact) mass is 329 g/mol. The van der Waals surface area contributed by atoms with Gasteiger partial charge < -0.3 is 14.4 Å². The van der Waals surface area contributed by atoms with E-state index in [0.29, 0.717) is 12.3 Å². The summed E-state index contributed by atoms with van der Waals surface area (Å²) in [6, 6.07) is 7.82. The maximum absolute atomic E-state index is 13.0. The zero-order chi connectivity index (χ0) is 17.1. The third-order valence-electron chi connectivity index (χ3n) is 5.61. The van der Waals surface area contributed by atoms with Gasteiger partial charge in [-0.3, -0.25) is 9.59 Å². The number of ether oxygens (including phenoxy) is 2. The van der Waals surface area contributed by atoms with E-state index in [1.54, 1.807) is 13.8 Å². The SMILES string of the molecule is CC1CCN2c3ccccc3CC3(C(=O)OC(C)(C)OC3=O)C2C1. The molecule has 3 heterocycles. The number of carbonyl (C=O) groups is 2. The van der Waals surface area contributed by atoms with Crippen LogP contribution in [0.2, 0.25) is 0 Å². The number of benzene rings is 1. The molecule has 0 bridgehead atoms. The molecule has 2 fully saturated rings.